The van der Waals surface area contributed by atoms with Gasteiger partial charge in [0.2, 0.25) is 0 Å². The summed E-state index contributed by atoms with van der Waals surface area (Å²) in [6, 6.07) is 7.22. The fraction of sp³-hybridized carbons (Fsp3) is 0.471. The first-order chi connectivity index (χ1) is 9.63. The van der Waals surface area contributed by atoms with Crippen LogP contribution in [0.4, 0.5) is 0 Å². The zero-order chi connectivity index (χ0) is 14.1. The van der Waals surface area contributed by atoms with Crippen LogP contribution in [0.3, 0.4) is 0 Å². The van der Waals surface area contributed by atoms with Crippen LogP contribution in [-0.4, -0.2) is 9.78 Å². The number of hydrogen-bond acceptors (Lipinski definition) is 2. The molecule has 0 aliphatic heterocycles. The minimum Gasteiger partial charge on any atom is -0.306 e. The summed E-state index contributed by atoms with van der Waals surface area (Å²) in [7, 11) is 2.05. The lowest BCUT2D eigenvalue weighted by Gasteiger charge is -2.24. The van der Waals surface area contributed by atoms with Gasteiger partial charge in [-0.2, -0.15) is 5.10 Å². The molecule has 1 unspecified atom stereocenters. The lowest BCUT2D eigenvalue weighted by atomic mass is 9.93. The molecule has 1 aliphatic rings. The van der Waals surface area contributed by atoms with Crippen molar-refractivity contribution >= 4 is 0 Å². The smallest absolute Gasteiger partial charge is 0.0540 e. The number of aromatic nitrogens is 2. The third-order valence-corrected chi connectivity index (χ3v) is 4.21. The second-order valence-electron chi connectivity index (χ2n) is 5.99. The summed E-state index contributed by atoms with van der Waals surface area (Å²) in [5, 5.41) is 8.12. The summed E-state index contributed by atoms with van der Waals surface area (Å²) in [5.41, 5.74) is 6.84. The number of hydrogen-bond donors (Lipinski definition) is 1. The molecule has 20 heavy (non-hydrogen) atoms. The van der Waals surface area contributed by atoms with Gasteiger partial charge in [0, 0.05) is 30.9 Å². The molecule has 1 atom stereocenters. The van der Waals surface area contributed by atoms with E-state index in [2.05, 4.69) is 42.5 Å². The maximum absolute atomic E-state index is 4.41. The molecule has 0 saturated carbocycles. The van der Waals surface area contributed by atoms with Crippen LogP contribution in [0.25, 0.3) is 0 Å². The fourth-order valence-electron chi connectivity index (χ4n) is 3.33. The van der Waals surface area contributed by atoms with Gasteiger partial charge in [0.25, 0.3) is 0 Å². The Morgan fingerprint density at radius 2 is 2.00 bits per heavy atom. The van der Waals surface area contributed by atoms with Gasteiger partial charge in [0.1, 0.15) is 0 Å². The molecule has 0 bridgehead atoms. The Kier molecular flexibility index (Phi) is 3.62. The molecule has 2 aromatic rings. The SMILES string of the molecule is Cc1cc(C)cc(CNC2CCCc3c2cnn3C)c1. The highest BCUT2D eigenvalue weighted by Gasteiger charge is 2.22. The van der Waals surface area contributed by atoms with Crippen LogP contribution in [-0.2, 0) is 20.0 Å². The van der Waals surface area contributed by atoms with E-state index in [0.717, 1.165) is 13.0 Å². The summed E-state index contributed by atoms with van der Waals surface area (Å²) in [4.78, 5) is 0. The van der Waals surface area contributed by atoms with Crippen molar-refractivity contribution in [3.63, 3.8) is 0 Å². The number of benzene rings is 1. The molecule has 3 rings (SSSR count). The van der Waals surface area contributed by atoms with Crippen LogP contribution in [0.15, 0.2) is 24.4 Å². The van der Waals surface area contributed by atoms with E-state index in [9.17, 15) is 0 Å². The maximum atomic E-state index is 4.41. The highest BCUT2D eigenvalue weighted by atomic mass is 15.3. The predicted molar refractivity (Wildman–Crippen MR) is 81.6 cm³/mol. The zero-order valence-electron chi connectivity index (χ0n) is 12.6. The van der Waals surface area contributed by atoms with Gasteiger partial charge in [0.15, 0.2) is 0 Å². The maximum Gasteiger partial charge on any atom is 0.0540 e. The van der Waals surface area contributed by atoms with Crippen LogP contribution in [0.2, 0.25) is 0 Å². The first-order valence-electron chi connectivity index (χ1n) is 7.45. The minimum absolute atomic E-state index is 0.452. The van der Waals surface area contributed by atoms with E-state index in [1.54, 1.807) is 0 Å². The van der Waals surface area contributed by atoms with Crippen molar-refractivity contribution in [3.05, 3.63) is 52.3 Å². The Balaban J connectivity index is 1.73. The number of fused-ring (bicyclic) bond motifs is 1. The van der Waals surface area contributed by atoms with E-state index in [4.69, 9.17) is 0 Å². The molecular weight excluding hydrogens is 246 g/mol. The summed E-state index contributed by atoms with van der Waals surface area (Å²) < 4.78 is 2.03. The van der Waals surface area contributed by atoms with Gasteiger partial charge >= 0.3 is 0 Å². The van der Waals surface area contributed by atoms with Crippen LogP contribution in [0.5, 0.6) is 0 Å². The topological polar surface area (TPSA) is 29.9 Å². The number of nitrogens with zero attached hydrogens (tertiary/aromatic N) is 2. The Morgan fingerprint density at radius 3 is 2.75 bits per heavy atom. The van der Waals surface area contributed by atoms with Crippen molar-refractivity contribution < 1.29 is 0 Å². The minimum atomic E-state index is 0.452. The average Bonchev–Trinajstić information content (AvgIpc) is 2.78. The summed E-state index contributed by atoms with van der Waals surface area (Å²) in [6.45, 7) is 5.26. The Morgan fingerprint density at radius 1 is 1.25 bits per heavy atom. The highest BCUT2D eigenvalue weighted by molar-refractivity contribution is 5.29. The van der Waals surface area contributed by atoms with Crippen molar-refractivity contribution in [3.8, 4) is 0 Å². The molecule has 0 amide bonds. The van der Waals surface area contributed by atoms with E-state index in [1.165, 1.54) is 40.8 Å². The molecule has 106 valence electrons. The van der Waals surface area contributed by atoms with E-state index in [-0.39, 0.29) is 0 Å². The second-order valence-corrected chi connectivity index (χ2v) is 5.99. The van der Waals surface area contributed by atoms with Gasteiger partial charge in [-0.1, -0.05) is 29.3 Å². The molecule has 1 N–H and O–H groups in total. The summed E-state index contributed by atoms with van der Waals surface area (Å²) in [6.07, 6.45) is 5.65. The predicted octanol–water partition coefficient (Wildman–Crippen LogP) is 3.20. The molecular formula is C17H23N3. The Hall–Kier alpha value is -1.61. The van der Waals surface area contributed by atoms with E-state index in [0.29, 0.717) is 6.04 Å². The van der Waals surface area contributed by atoms with Gasteiger partial charge in [-0.3, -0.25) is 4.68 Å². The van der Waals surface area contributed by atoms with Crippen LogP contribution in [0.1, 0.15) is 46.8 Å². The monoisotopic (exact) mass is 269 g/mol. The number of nitrogens with one attached hydrogen (secondary N) is 1. The second kappa shape index (κ2) is 5.41. The first kappa shape index (κ1) is 13.4. The quantitative estimate of drug-likeness (QED) is 0.927. The molecule has 1 heterocycles. The van der Waals surface area contributed by atoms with Crippen LogP contribution in [0, 0.1) is 13.8 Å². The van der Waals surface area contributed by atoms with E-state index in [1.807, 2.05) is 17.9 Å². The van der Waals surface area contributed by atoms with Crippen molar-refractivity contribution in [2.75, 3.05) is 0 Å². The molecule has 1 aromatic heterocycles. The molecule has 1 aromatic carbocycles. The van der Waals surface area contributed by atoms with Gasteiger partial charge < -0.3 is 5.32 Å². The molecule has 1 aliphatic carbocycles. The zero-order valence-corrected chi connectivity index (χ0v) is 12.6. The number of rotatable bonds is 3. The van der Waals surface area contributed by atoms with Gasteiger partial charge in [-0.05, 0) is 38.7 Å². The standard InChI is InChI=1S/C17H23N3/c1-12-7-13(2)9-14(8-12)10-18-16-5-4-6-17-15(16)11-19-20(17)3/h7-9,11,16,18H,4-6,10H2,1-3H3. The Bertz CT molecular complexity index is 592. The molecule has 0 radical (unpaired) electrons. The van der Waals surface area contributed by atoms with Crippen molar-refractivity contribution in [1.82, 2.24) is 15.1 Å². The largest absolute Gasteiger partial charge is 0.306 e. The molecule has 0 spiro atoms. The Labute approximate surface area is 121 Å². The molecule has 3 nitrogen and oxygen atoms in total. The first-order valence-corrected chi connectivity index (χ1v) is 7.45. The van der Waals surface area contributed by atoms with Crippen molar-refractivity contribution in [2.24, 2.45) is 7.05 Å². The molecule has 0 saturated heterocycles. The average molecular weight is 269 g/mol. The fourth-order valence-corrected chi connectivity index (χ4v) is 3.33. The van der Waals surface area contributed by atoms with Gasteiger partial charge in [-0.15, -0.1) is 0 Å². The van der Waals surface area contributed by atoms with E-state index < -0.39 is 0 Å². The lowest BCUT2D eigenvalue weighted by molar-refractivity contribution is 0.452. The van der Waals surface area contributed by atoms with E-state index >= 15 is 0 Å². The normalized spacial score (nSPS) is 18.1. The summed E-state index contributed by atoms with van der Waals surface area (Å²) in [5.74, 6) is 0. The lowest BCUT2D eigenvalue weighted by Crippen LogP contribution is -2.25. The number of aryl methyl sites for hydroxylation is 3. The van der Waals surface area contributed by atoms with Crippen LogP contribution < -0.4 is 5.32 Å². The third-order valence-electron chi connectivity index (χ3n) is 4.21. The van der Waals surface area contributed by atoms with Gasteiger partial charge in [-0.25, -0.2) is 0 Å². The van der Waals surface area contributed by atoms with Gasteiger partial charge in [0.05, 0.1) is 6.20 Å². The van der Waals surface area contributed by atoms with Crippen molar-refractivity contribution in [1.29, 1.82) is 0 Å². The third kappa shape index (κ3) is 2.63. The highest BCUT2D eigenvalue weighted by Crippen LogP contribution is 2.29. The van der Waals surface area contributed by atoms with Crippen LogP contribution >= 0.6 is 0 Å². The molecule has 3 heteroatoms. The molecule has 0 fully saturated rings. The summed E-state index contributed by atoms with van der Waals surface area (Å²) >= 11 is 0. The van der Waals surface area contributed by atoms with Crippen molar-refractivity contribution in [2.45, 2.75) is 45.7 Å².